The number of para-hydroxylation sites is 2. The van der Waals surface area contributed by atoms with Crippen LogP contribution in [0.4, 0.5) is 5.69 Å². The number of hydrogen-bond acceptors (Lipinski definition) is 5. The monoisotopic (exact) mass is 412 g/mol. The van der Waals surface area contributed by atoms with Crippen molar-refractivity contribution in [2.24, 2.45) is 4.99 Å². The van der Waals surface area contributed by atoms with Crippen LogP contribution < -0.4 is 29.7 Å². The molecule has 3 rings (SSSR count). The van der Waals surface area contributed by atoms with Gasteiger partial charge in [0.05, 0.1) is 26.5 Å². The first kappa shape index (κ1) is 21.6. The number of nitrogens with zero attached hydrogens (tertiary/aromatic N) is 2. The molecule has 162 valence electrons. The Kier molecular flexibility index (Phi) is 7.65. The molecule has 1 heterocycles. The normalized spacial score (nSPS) is 17.4. The van der Waals surface area contributed by atoms with Gasteiger partial charge in [-0.25, -0.2) is 0 Å². The van der Waals surface area contributed by atoms with Crippen LogP contribution in [0.1, 0.15) is 13.3 Å². The fourth-order valence-electron chi connectivity index (χ4n) is 3.56. The van der Waals surface area contributed by atoms with Crippen LogP contribution in [-0.2, 0) is 0 Å². The van der Waals surface area contributed by atoms with Gasteiger partial charge in [-0.1, -0.05) is 18.2 Å². The lowest BCUT2D eigenvalue weighted by molar-refractivity contribution is 0.223. The first-order valence-electron chi connectivity index (χ1n) is 10.3. The van der Waals surface area contributed by atoms with E-state index in [0.29, 0.717) is 12.6 Å². The van der Waals surface area contributed by atoms with E-state index in [0.717, 1.165) is 48.4 Å². The second kappa shape index (κ2) is 10.6. The molecule has 0 amide bonds. The van der Waals surface area contributed by atoms with E-state index in [1.54, 1.807) is 21.3 Å². The van der Waals surface area contributed by atoms with Crippen molar-refractivity contribution < 1.29 is 14.2 Å². The Labute approximate surface area is 179 Å². The molecule has 0 aliphatic carbocycles. The Morgan fingerprint density at radius 3 is 2.70 bits per heavy atom. The Hall–Kier alpha value is -3.09. The van der Waals surface area contributed by atoms with Gasteiger partial charge in [0.1, 0.15) is 23.4 Å². The highest BCUT2D eigenvalue weighted by Crippen LogP contribution is 2.30. The van der Waals surface area contributed by atoms with Crippen LogP contribution >= 0.6 is 0 Å². The van der Waals surface area contributed by atoms with Crippen LogP contribution in [0.2, 0.25) is 0 Å². The second-order valence-electron chi connectivity index (χ2n) is 7.31. The van der Waals surface area contributed by atoms with E-state index in [1.807, 2.05) is 49.4 Å². The van der Waals surface area contributed by atoms with Crippen LogP contribution in [-0.4, -0.2) is 59.0 Å². The summed E-state index contributed by atoms with van der Waals surface area (Å²) in [5.74, 6) is 3.26. The van der Waals surface area contributed by atoms with Crippen molar-refractivity contribution in [3.63, 3.8) is 0 Å². The van der Waals surface area contributed by atoms with Crippen molar-refractivity contribution in [2.75, 3.05) is 45.8 Å². The number of methoxy groups -OCH3 is 2. The average Bonchev–Trinajstić information content (AvgIpc) is 3.25. The van der Waals surface area contributed by atoms with E-state index in [1.165, 1.54) is 0 Å². The van der Waals surface area contributed by atoms with Crippen LogP contribution in [0.3, 0.4) is 0 Å². The minimum atomic E-state index is -0.0238. The molecule has 0 aromatic heterocycles. The Bertz CT molecular complexity index is 843. The van der Waals surface area contributed by atoms with E-state index >= 15 is 0 Å². The first-order chi connectivity index (χ1) is 14.6. The van der Waals surface area contributed by atoms with Gasteiger partial charge in [0, 0.05) is 32.2 Å². The summed E-state index contributed by atoms with van der Waals surface area (Å²) in [4.78, 5) is 6.71. The molecular weight excluding hydrogens is 380 g/mol. The third kappa shape index (κ3) is 5.72. The van der Waals surface area contributed by atoms with Gasteiger partial charge >= 0.3 is 0 Å². The first-order valence-corrected chi connectivity index (χ1v) is 10.3. The predicted molar refractivity (Wildman–Crippen MR) is 121 cm³/mol. The van der Waals surface area contributed by atoms with E-state index < -0.39 is 0 Å². The lowest BCUT2D eigenvalue weighted by Crippen LogP contribution is -2.47. The SMILES string of the molecule is CN=C(NCC(C)Oc1cccc(OC)c1)NC1CCN(c2ccccc2OC)C1. The maximum absolute atomic E-state index is 5.97. The summed E-state index contributed by atoms with van der Waals surface area (Å²) in [5, 5.41) is 6.88. The Morgan fingerprint density at radius 1 is 1.13 bits per heavy atom. The second-order valence-corrected chi connectivity index (χ2v) is 7.31. The highest BCUT2D eigenvalue weighted by atomic mass is 16.5. The number of rotatable bonds is 8. The topological polar surface area (TPSA) is 67.4 Å². The molecule has 0 radical (unpaired) electrons. The Morgan fingerprint density at radius 2 is 1.93 bits per heavy atom. The van der Waals surface area contributed by atoms with Crippen molar-refractivity contribution in [2.45, 2.75) is 25.5 Å². The summed E-state index contributed by atoms with van der Waals surface area (Å²) in [7, 11) is 5.15. The van der Waals surface area contributed by atoms with E-state index in [-0.39, 0.29) is 6.10 Å². The summed E-state index contributed by atoms with van der Waals surface area (Å²) in [5.41, 5.74) is 1.13. The fourth-order valence-corrected chi connectivity index (χ4v) is 3.56. The standard InChI is InChI=1S/C23H32N4O3/c1-17(30-20-9-7-8-19(14-20)28-3)15-25-23(24-2)26-18-12-13-27(16-18)21-10-5-6-11-22(21)29-4/h5-11,14,17-18H,12-13,15-16H2,1-4H3,(H2,24,25,26). The number of nitrogens with one attached hydrogen (secondary N) is 2. The number of ether oxygens (including phenoxy) is 3. The summed E-state index contributed by atoms with van der Waals surface area (Å²) >= 11 is 0. The van der Waals surface area contributed by atoms with Crippen molar-refractivity contribution in [1.82, 2.24) is 10.6 Å². The zero-order valence-corrected chi connectivity index (χ0v) is 18.2. The van der Waals surface area contributed by atoms with E-state index in [4.69, 9.17) is 14.2 Å². The van der Waals surface area contributed by atoms with Crippen molar-refractivity contribution in [1.29, 1.82) is 0 Å². The van der Waals surface area contributed by atoms with Gasteiger partial charge in [0.2, 0.25) is 0 Å². The van der Waals surface area contributed by atoms with E-state index in [2.05, 4.69) is 26.6 Å². The number of aliphatic imine (C=N–C) groups is 1. The summed E-state index contributed by atoms with van der Waals surface area (Å²) in [6.45, 7) is 4.54. The van der Waals surface area contributed by atoms with Crippen molar-refractivity contribution in [3.05, 3.63) is 48.5 Å². The summed E-state index contributed by atoms with van der Waals surface area (Å²) in [6.07, 6.45) is 1.01. The molecular formula is C23H32N4O3. The minimum absolute atomic E-state index is 0.0238. The number of anilines is 1. The molecule has 30 heavy (non-hydrogen) atoms. The molecule has 7 nitrogen and oxygen atoms in total. The van der Waals surface area contributed by atoms with Gasteiger partial charge in [-0.3, -0.25) is 4.99 Å². The average molecular weight is 413 g/mol. The molecule has 0 bridgehead atoms. The van der Waals surface area contributed by atoms with Crippen LogP contribution in [0.5, 0.6) is 17.2 Å². The zero-order chi connectivity index (χ0) is 21.3. The lowest BCUT2D eigenvalue weighted by Gasteiger charge is -2.23. The number of hydrogen-bond donors (Lipinski definition) is 2. The summed E-state index contributed by atoms with van der Waals surface area (Å²) in [6, 6.07) is 16.1. The van der Waals surface area contributed by atoms with Gasteiger partial charge in [0.25, 0.3) is 0 Å². The van der Waals surface area contributed by atoms with Crippen molar-refractivity contribution in [3.8, 4) is 17.2 Å². The van der Waals surface area contributed by atoms with Crippen LogP contribution in [0.15, 0.2) is 53.5 Å². The maximum Gasteiger partial charge on any atom is 0.191 e. The maximum atomic E-state index is 5.97. The highest BCUT2D eigenvalue weighted by molar-refractivity contribution is 5.80. The molecule has 7 heteroatoms. The summed E-state index contributed by atoms with van der Waals surface area (Å²) < 4.78 is 16.7. The largest absolute Gasteiger partial charge is 0.497 e. The molecule has 2 unspecified atom stereocenters. The number of benzene rings is 2. The van der Waals surface area contributed by atoms with Gasteiger partial charge < -0.3 is 29.7 Å². The molecule has 0 saturated carbocycles. The third-order valence-electron chi connectivity index (χ3n) is 5.11. The smallest absolute Gasteiger partial charge is 0.191 e. The van der Waals surface area contributed by atoms with Gasteiger partial charge in [-0.05, 0) is 37.6 Å². The fraction of sp³-hybridized carbons (Fsp3) is 0.435. The Balaban J connectivity index is 1.47. The predicted octanol–water partition coefficient (Wildman–Crippen LogP) is 2.92. The quantitative estimate of drug-likeness (QED) is 0.513. The molecule has 1 saturated heterocycles. The minimum Gasteiger partial charge on any atom is -0.497 e. The van der Waals surface area contributed by atoms with Gasteiger partial charge in [-0.15, -0.1) is 0 Å². The van der Waals surface area contributed by atoms with Gasteiger partial charge in [-0.2, -0.15) is 0 Å². The third-order valence-corrected chi connectivity index (χ3v) is 5.11. The zero-order valence-electron chi connectivity index (χ0n) is 18.2. The molecule has 2 atom stereocenters. The van der Waals surface area contributed by atoms with E-state index in [9.17, 15) is 0 Å². The molecule has 2 aromatic rings. The van der Waals surface area contributed by atoms with Crippen LogP contribution in [0, 0.1) is 0 Å². The molecule has 1 aliphatic rings. The van der Waals surface area contributed by atoms with Gasteiger partial charge in [0.15, 0.2) is 5.96 Å². The van der Waals surface area contributed by atoms with Crippen LogP contribution in [0.25, 0.3) is 0 Å². The molecule has 1 aliphatic heterocycles. The van der Waals surface area contributed by atoms with Crippen molar-refractivity contribution >= 4 is 11.6 Å². The molecule has 1 fully saturated rings. The number of guanidine groups is 1. The molecule has 0 spiro atoms. The molecule has 2 N–H and O–H groups in total. The molecule has 2 aromatic carbocycles. The lowest BCUT2D eigenvalue weighted by atomic mass is 10.2. The highest BCUT2D eigenvalue weighted by Gasteiger charge is 2.25.